The lowest BCUT2D eigenvalue weighted by Gasteiger charge is -2.04. The molecular formula is C14H15BrN2O. The summed E-state index contributed by atoms with van der Waals surface area (Å²) in [5.74, 6) is 0.111. The molecule has 0 aliphatic carbocycles. The van der Waals surface area contributed by atoms with Crippen molar-refractivity contribution in [3.05, 3.63) is 51.8 Å². The lowest BCUT2D eigenvalue weighted by Crippen LogP contribution is -2.11. The zero-order valence-corrected chi connectivity index (χ0v) is 12.1. The highest BCUT2D eigenvalue weighted by atomic mass is 79.9. The predicted molar refractivity (Wildman–Crippen MR) is 74.8 cm³/mol. The molecular weight excluding hydrogens is 292 g/mol. The summed E-state index contributed by atoms with van der Waals surface area (Å²) in [6, 6.07) is 9.67. The van der Waals surface area contributed by atoms with Crippen LogP contribution in [0.1, 0.15) is 28.7 Å². The van der Waals surface area contributed by atoms with E-state index in [9.17, 15) is 4.79 Å². The van der Waals surface area contributed by atoms with E-state index in [1.165, 1.54) is 0 Å². The van der Waals surface area contributed by atoms with Gasteiger partial charge in [0.2, 0.25) is 0 Å². The fourth-order valence-corrected chi connectivity index (χ4v) is 2.15. The normalized spacial score (nSPS) is 10.6. The van der Waals surface area contributed by atoms with Crippen molar-refractivity contribution >= 4 is 21.7 Å². The number of hydrogen-bond donors (Lipinski definition) is 0. The van der Waals surface area contributed by atoms with Gasteiger partial charge >= 0.3 is 0 Å². The van der Waals surface area contributed by atoms with Gasteiger partial charge in [-0.2, -0.15) is 5.10 Å². The molecule has 4 heteroatoms. The van der Waals surface area contributed by atoms with Crippen LogP contribution in [0.15, 0.2) is 34.8 Å². The predicted octanol–water partition coefficient (Wildman–Crippen LogP) is 3.40. The molecule has 0 aliphatic heterocycles. The Bertz CT molecular complexity index is 558. The van der Waals surface area contributed by atoms with Gasteiger partial charge in [-0.3, -0.25) is 9.48 Å². The second kappa shape index (κ2) is 5.48. The van der Waals surface area contributed by atoms with E-state index in [0.29, 0.717) is 12.1 Å². The number of carbonyl (C=O) groups excluding carboxylic acids is 1. The fraction of sp³-hybridized carbons (Fsp3) is 0.286. The van der Waals surface area contributed by atoms with Crippen LogP contribution >= 0.6 is 15.9 Å². The largest absolute Gasteiger partial charge is 0.292 e. The van der Waals surface area contributed by atoms with Crippen LogP contribution in [0.2, 0.25) is 0 Å². The zero-order valence-electron chi connectivity index (χ0n) is 10.5. The van der Waals surface area contributed by atoms with Gasteiger partial charge in [0, 0.05) is 17.4 Å². The first kappa shape index (κ1) is 13.0. The molecule has 0 fully saturated rings. The lowest BCUT2D eigenvalue weighted by atomic mass is 10.1. The number of rotatable bonds is 4. The molecule has 0 amide bonds. The first-order chi connectivity index (χ1) is 8.60. The number of halogens is 1. The SMILES string of the molecule is CCn1nc(C)cc1C(=O)Cc1ccc(Br)cc1. The molecule has 0 saturated heterocycles. The lowest BCUT2D eigenvalue weighted by molar-refractivity contribution is 0.0983. The number of ketones is 1. The highest BCUT2D eigenvalue weighted by Crippen LogP contribution is 2.13. The van der Waals surface area contributed by atoms with E-state index in [1.54, 1.807) is 4.68 Å². The minimum atomic E-state index is 0.111. The number of aromatic nitrogens is 2. The number of aryl methyl sites for hydroxylation is 2. The van der Waals surface area contributed by atoms with Crippen LogP contribution in [0.25, 0.3) is 0 Å². The monoisotopic (exact) mass is 306 g/mol. The molecule has 0 radical (unpaired) electrons. The van der Waals surface area contributed by atoms with Crippen LogP contribution in [0.5, 0.6) is 0 Å². The van der Waals surface area contributed by atoms with Gasteiger partial charge in [-0.05, 0) is 37.6 Å². The van der Waals surface area contributed by atoms with Crippen LogP contribution in [-0.2, 0) is 13.0 Å². The molecule has 0 bridgehead atoms. The molecule has 94 valence electrons. The average molecular weight is 307 g/mol. The van der Waals surface area contributed by atoms with Gasteiger partial charge in [0.1, 0.15) is 5.69 Å². The summed E-state index contributed by atoms with van der Waals surface area (Å²) in [4.78, 5) is 12.2. The van der Waals surface area contributed by atoms with Gasteiger partial charge in [0.05, 0.1) is 5.69 Å². The molecule has 0 spiro atoms. The third-order valence-electron chi connectivity index (χ3n) is 2.77. The van der Waals surface area contributed by atoms with Crippen LogP contribution < -0.4 is 0 Å². The Hall–Kier alpha value is -1.42. The summed E-state index contributed by atoms with van der Waals surface area (Å²) in [5, 5.41) is 4.29. The Balaban J connectivity index is 2.19. The van der Waals surface area contributed by atoms with E-state index in [-0.39, 0.29) is 5.78 Å². The van der Waals surface area contributed by atoms with E-state index in [0.717, 1.165) is 22.3 Å². The quantitative estimate of drug-likeness (QED) is 0.812. The third-order valence-corrected chi connectivity index (χ3v) is 3.29. The van der Waals surface area contributed by atoms with Gasteiger partial charge in [0.25, 0.3) is 0 Å². The molecule has 0 saturated carbocycles. The maximum Gasteiger partial charge on any atom is 0.185 e. The van der Waals surface area contributed by atoms with E-state index >= 15 is 0 Å². The Kier molecular flexibility index (Phi) is 3.97. The Labute approximate surface area is 115 Å². The molecule has 3 nitrogen and oxygen atoms in total. The molecule has 18 heavy (non-hydrogen) atoms. The molecule has 1 aromatic heterocycles. The van der Waals surface area contributed by atoms with Crippen molar-refractivity contribution in [1.82, 2.24) is 9.78 Å². The van der Waals surface area contributed by atoms with Crippen molar-refractivity contribution in [3.8, 4) is 0 Å². The van der Waals surface area contributed by atoms with E-state index in [1.807, 2.05) is 44.2 Å². The van der Waals surface area contributed by atoms with Gasteiger partial charge < -0.3 is 0 Å². The van der Waals surface area contributed by atoms with Crippen molar-refractivity contribution in [2.24, 2.45) is 0 Å². The van der Waals surface area contributed by atoms with Crippen LogP contribution in [0, 0.1) is 6.92 Å². The summed E-state index contributed by atoms with van der Waals surface area (Å²) in [7, 11) is 0. The molecule has 0 atom stereocenters. The summed E-state index contributed by atoms with van der Waals surface area (Å²) in [6.07, 6.45) is 0.415. The summed E-state index contributed by atoms with van der Waals surface area (Å²) >= 11 is 3.38. The van der Waals surface area contributed by atoms with Gasteiger partial charge in [-0.25, -0.2) is 0 Å². The molecule has 0 N–H and O–H groups in total. The maximum atomic E-state index is 12.2. The number of benzene rings is 1. The molecule has 0 aliphatic rings. The molecule has 0 unspecified atom stereocenters. The Morgan fingerprint density at radius 2 is 2.00 bits per heavy atom. The van der Waals surface area contributed by atoms with Crippen molar-refractivity contribution in [2.45, 2.75) is 26.8 Å². The van der Waals surface area contributed by atoms with Crippen LogP contribution in [0.3, 0.4) is 0 Å². The highest BCUT2D eigenvalue weighted by molar-refractivity contribution is 9.10. The number of Topliss-reactive ketones (excluding diaryl/α,β-unsaturated/α-hetero) is 1. The van der Waals surface area contributed by atoms with E-state index < -0.39 is 0 Å². The number of carbonyl (C=O) groups is 1. The smallest absolute Gasteiger partial charge is 0.185 e. The van der Waals surface area contributed by atoms with Crippen molar-refractivity contribution in [3.63, 3.8) is 0 Å². The van der Waals surface area contributed by atoms with Gasteiger partial charge in [0.15, 0.2) is 5.78 Å². The molecule has 2 aromatic rings. The van der Waals surface area contributed by atoms with Crippen molar-refractivity contribution in [1.29, 1.82) is 0 Å². The summed E-state index contributed by atoms with van der Waals surface area (Å²) in [5.41, 5.74) is 2.60. The second-order valence-electron chi connectivity index (χ2n) is 4.21. The van der Waals surface area contributed by atoms with Crippen LogP contribution in [-0.4, -0.2) is 15.6 Å². The highest BCUT2D eigenvalue weighted by Gasteiger charge is 2.13. The summed E-state index contributed by atoms with van der Waals surface area (Å²) < 4.78 is 2.78. The fourth-order valence-electron chi connectivity index (χ4n) is 1.89. The third kappa shape index (κ3) is 2.88. The minimum Gasteiger partial charge on any atom is -0.292 e. The van der Waals surface area contributed by atoms with Gasteiger partial charge in [-0.15, -0.1) is 0 Å². The molecule has 2 rings (SSSR count). The molecule has 1 aromatic carbocycles. The number of nitrogens with zero attached hydrogens (tertiary/aromatic N) is 2. The first-order valence-electron chi connectivity index (χ1n) is 5.92. The van der Waals surface area contributed by atoms with Crippen molar-refractivity contribution in [2.75, 3.05) is 0 Å². The minimum absolute atomic E-state index is 0.111. The van der Waals surface area contributed by atoms with Crippen molar-refractivity contribution < 1.29 is 4.79 Å². The maximum absolute atomic E-state index is 12.2. The van der Waals surface area contributed by atoms with E-state index in [4.69, 9.17) is 0 Å². The molecule has 1 heterocycles. The Morgan fingerprint density at radius 3 is 2.61 bits per heavy atom. The van der Waals surface area contributed by atoms with E-state index in [2.05, 4.69) is 21.0 Å². The van der Waals surface area contributed by atoms with Crippen LogP contribution in [0.4, 0.5) is 0 Å². The zero-order chi connectivity index (χ0) is 13.1. The van der Waals surface area contributed by atoms with Gasteiger partial charge in [-0.1, -0.05) is 28.1 Å². The Morgan fingerprint density at radius 1 is 1.33 bits per heavy atom. The number of hydrogen-bond acceptors (Lipinski definition) is 2. The average Bonchev–Trinajstić information content (AvgIpc) is 2.73. The topological polar surface area (TPSA) is 34.9 Å². The summed E-state index contributed by atoms with van der Waals surface area (Å²) in [6.45, 7) is 4.61. The first-order valence-corrected chi connectivity index (χ1v) is 6.71. The second-order valence-corrected chi connectivity index (χ2v) is 5.13. The standard InChI is InChI=1S/C14H15BrN2O/c1-3-17-13(8-10(2)16-17)14(18)9-11-4-6-12(15)7-5-11/h4-8H,3,9H2,1-2H3.